The Morgan fingerprint density at radius 1 is 1.22 bits per heavy atom. The number of hydrogen-bond donors (Lipinski definition) is 3. The summed E-state index contributed by atoms with van der Waals surface area (Å²) in [6, 6.07) is 0. The first-order chi connectivity index (χ1) is 3.71. The quantitative estimate of drug-likeness (QED) is 0.512. The van der Waals surface area contributed by atoms with Crippen LogP contribution in [-0.4, -0.2) is 0 Å². The SMILES string of the molecule is NP(N)(=O)OP(N)(=O)F. The summed E-state index contributed by atoms with van der Waals surface area (Å²) >= 11 is 0. The minimum Gasteiger partial charge on any atom is -0.256 e. The Morgan fingerprint density at radius 3 is 1.56 bits per heavy atom. The van der Waals surface area contributed by atoms with Crippen molar-refractivity contribution in [3.63, 3.8) is 0 Å². The van der Waals surface area contributed by atoms with E-state index in [0.29, 0.717) is 0 Å². The molecule has 0 radical (unpaired) electrons. The highest BCUT2D eigenvalue weighted by Gasteiger charge is 2.24. The molecule has 0 bridgehead atoms. The maximum atomic E-state index is 11.7. The molecule has 6 nitrogen and oxygen atoms in total. The molecular weight excluding hydrogens is 171 g/mol. The lowest BCUT2D eigenvalue weighted by atomic mass is 13.9. The van der Waals surface area contributed by atoms with Gasteiger partial charge in [-0.2, -0.15) is 0 Å². The van der Waals surface area contributed by atoms with Gasteiger partial charge >= 0.3 is 15.5 Å². The molecule has 0 aromatic carbocycles. The predicted molar refractivity (Wildman–Crippen MR) is 30.0 cm³/mol. The van der Waals surface area contributed by atoms with Gasteiger partial charge in [-0.1, -0.05) is 0 Å². The summed E-state index contributed by atoms with van der Waals surface area (Å²) in [5.74, 6) is 0. The zero-order valence-electron chi connectivity index (χ0n) is 4.23. The van der Waals surface area contributed by atoms with E-state index in [0.717, 1.165) is 0 Å². The third-order valence-corrected chi connectivity index (χ3v) is 2.15. The van der Waals surface area contributed by atoms with Gasteiger partial charge in [0.1, 0.15) is 0 Å². The first kappa shape index (κ1) is 9.23. The van der Waals surface area contributed by atoms with Crippen molar-refractivity contribution in [2.75, 3.05) is 0 Å². The number of rotatable bonds is 2. The van der Waals surface area contributed by atoms with E-state index in [4.69, 9.17) is 0 Å². The zero-order chi connectivity index (χ0) is 7.71. The van der Waals surface area contributed by atoms with Crippen molar-refractivity contribution in [1.29, 1.82) is 0 Å². The van der Waals surface area contributed by atoms with Gasteiger partial charge in [0.2, 0.25) is 0 Å². The van der Waals surface area contributed by atoms with E-state index in [1.807, 2.05) is 0 Å². The molecule has 0 saturated heterocycles. The molecule has 0 aliphatic carbocycles. The van der Waals surface area contributed by atoms with Gasteiger partial charge in [-0.05, 0) is 0 Å². The Balaban J connectivity index is 4.07. The van der Waals surface area contributed by atoms with Crippen LogP contribution < -0.4 is 16.5 Å². The van der Waals surface area contributed by atoms with E-state index in [9.17, 15) is 13.3 Å². The Bertz CT molecular complexity index is 157. The van der Waals surface area contributed by atoms with Crippen molar-refractivity contribution < 1.29 is 17.6 Å². The Labute approximate surface area is 50.7 Å². The molecular formula is H6FN3O3P2. The normalized spacial score (nSPS) is 19.1. The van der Waals surface area contributed by atoms with Gasteiger partial charge in [0.15, 0.2) is 0 Å². The fraction of sp³-hybridized carbons (Fsp3) is 0. The lowest BCUT2D eigenvalue weighted by molar-refractivity contribution is 0.424. The summed E-state index contributed by atoms with van der Waals surface area (Å²) < 4.78 is 34.9. The third-order valence-electron chi connectivity index (χ3n) is 0.239. The van der Waals surface area contributed by atoms with Crippen molar-refractivity contribution in [3.05, 3.63) is 0 Å². The van der Waals surface area contributed by atoms with Gasteiger partial charge in [0.25, 0.3) is 0 Å². The molecule has 0 amide bonds. The topological polar surface area (TPSA) is 121 Å². The minimum absolute atomic E-state index is 3.40. The monoisotopic (exact) mass is 177 g/mol. The maximum Gasteiger partial charge on any atom is 0.447 e. The molecule has 0 aromatic heterocycles. The molecule has 0 fully saturated rings. The van der Waals surface area contributed by atoms with Crippen LogP contribution in [-0.2, 0) is 13.4 Å². The number of hydrogen-bond acceptors (Lipinski definition) is 3. The molecule has 9 heteroatoms. The summed E-state index contributed by atoms with van der Waals surface area (Å²) in [6.07, 6.45) is 0. The van der Waals surface area contributed by atoms with E-state index in [2.05, 4.69) is 20.8 Å². The molecule has 0 spiro atoms. The zero-order valence-corrected chi connectivity index (χ0v) is 6.02. The average Bonchev–Trinajstić information content (AvgIpc) is 1.14. The van der Waals surface area contributed by atoms with E-state index < -0.39 is 15.5 Å². The molecule has 56 valence electrons. The smallest absolute Gasteiger partial charge is 0.256 e. The van der Waals surface area contributed by atoms with Gasteiger partial charge in [0.05, 0.1) is 0 Å². The first-order valence-electron chi connectivity index (χ1n) is 1.67. The molecule has 1 unspecified atom stereocenters. The van der Waals surface area contributed by atoms with Crippen LogP contribution in [0.3, 0.4) is 0 Å². The van der Waals surface area contributed by atoms with Crippen molar-refractivity contribution in [1.82, 2.24) is 0 Å². The summed E-state index contributed by atoms with van der Waals surface area (Å²) in [4.78, 5) is 0. The van der Waals surface area contributed by atoms with Crippen LogP contribution in [0.4, 0.5) is 4.20 Å². The van der Waals surface area contributed by atoms with Crippen molar-refractivity contribution in [2.45, 2.75) is 0 Å². The first-order valence-corrected chi connectivity index (χ1v) is 5.02. The van der Waals surface area contributed by atoms with E-state index in [1.54, 1.807) is 0 Å². The number of halogens is 1. The van der Waals surface area contributed by atoms with E-state index >= 15 is 0 Å². The summed E-state index contributed by atoms with van der Waals surface area (Å²) in [7, 11) is -8.85. The largest absolute Gasteiger partial charge is 0.447 e. The maximum absolute atomic E-state index is 11.7. The standard InChI is InChI=1S/FH6N3O3P2/c1-8(2,5)7-9(3,4)6/h(H2,2,5)(H4,3,4,6). The summed E-state index contributed by atoms with van der Waals surface area (Å²) in [5.41, 5.74) is 13.0. The van der Waals surface area contributed by atoms with Gasteiger partial charge in [-0.25, -0.2) is 25.4 Å². The Morgan fingerprint density at radius 2 is 1.56 bits per heavy atom. The fourth-order valence-electron chi connectivity index (χ4n) is 0.174. The van der Waals surface area contributed by atoms with Crippen molar-refractivity contribution in [3.8, 4) is 0 Å². The molecule has 0 rings (SSSR count). The van der Waals surface area contributed by atoms with Gasteiger partial charge in [-0.3, -0.25) is 4.57 Å². The number of nitrogens with two attached hydrogens (primary N) is 3. The van der Waals surface area contributed by atoms with Gasteiger partial charge in [0, 0.05) is 0 Å². The third kappa shape index (κ3) is 8.23. The molecule has 6 N–H and O–H groups in total. The molecule has 0 aliphatic heterocycles. The molecule has 0 saturated carbocycles. The second kappa shape index (κ2) is 2.46. The van der Waals surface area contributed by atoms with Crippen LogP contribution in [0.5, 0.6) is 0 Å². The Kier molecular flexibility index (Phi) is 2.52. The van der Waals surface area contributed by atoms with Crippen molar-refractivity contribution >= 4 is 15.5 Å². The highest BCUT2D eigenvalue weighted by atomic mass is 31.3. The summed E-state index contributed by atoms with van der Waals surface area (Å²) in [5, 5.41) is 0. The molecule has 9 heavy (non-hydrogen) atoms. The van der Waals surface area contributed by atoms with Crippen LogP contribution in [0, 0.1) is 0 Å². The van der Waals surface area contributed by atoms with Crippen molar-refractivity contribution in [2.24, 2.45) is 16.5 Å². The highest BCUT2D eigenvalue weighted by molar-refractivity contribution is 7.65. The fourth-order valence-corrected chi connectivity index (χ4v) is 1.57. The van der Waals surface area contributed by atoms with Gasteiger partial charge < -0.3 is 0 Å². The molecule has 0 heterocycles. The van der Waals surface area contributed by atoms with Crippen LogP contribution in [0.15, 0.2) is 0 Å². The van der Waals surface area contributed by atoms with Crippen LogP contribution in [0.25, 0.3) is 0 Å². The van der Waals surface area contributed by atoms with Crippen LogP contribution >= 0.6 is 15.5 Å². The summed E-state index contributed by atoms with van der Waals surface area (Å²) in [6.45, 7) is 0. The molecule has 1 atom stereocenters. The van der Waals surface area contributed by atoms with E-state index in [-0.39, 0.29) is 0 Å². The molecule has 0 aliphatic rings. The van der Waals surface area contributed by atoms with E-state index in [1.165, 1.54) is 0 Å². The van der Waals surface area contributed by atoms with Gasteiger partial charge in [-0.15, -0.1) is 4.20 Å². The Hall–Kier alpha value is 0.230. The van der Waals surface area contributed by atoms with Crippen LogP contribution in [0.2, 0.25) is 0 Å². The van der Waals surface area contributed by atoms with Crippen LogP contribution in [0.1, 0.15) is 0 Å². The second-order valence-corrected chi connectivity index (χ2v) is 4.23. The molecule has 0 aromatic rings. The lowest BCUT2D eigenvalue weighted by Gasteiger charge is -2.05. The highest BCUT2D eigenvalue weighted by Crippen LogP contribution is 2.51. The predicted octanol–water partition coefficient (Wildman–Crippen LogP) is 0.0648. The lowest BCUT2D eigenvalue weighted by Crippen LogP contribution is -2.07. The average molecular weight is 177 g/mol. The minimum atomic E-state index is -4.80. The second-order valence-electron chi connectivity index (χ2n) is 1.25.